The molecule has 18 heavy (non-hydrogen) atoms. The molecule has 0 fully saturated rings. The summed E-state index contributed by atoms with van der Waals surface area (Å²) in [7, 11) is 1.64. The Hall–Kier alpha value is -1.88. The summed E-state index contributed by atoms with van der Waals surface area (Å²) in [6.07, 6.45) is 1.19. The van der Waals surface area contributed by atoms with Crippen LogP contribution in [0.3, 0.4) is 0 Å². The van der Waals surface area contributed by atoms with E-state index in [1.54, 1.807) is 7.11 Å². The first-order valence-corrected chi connectivity index (χ1v) is 6.06. The Morgan fingerprint density at radius 2 is 2.17 bits per heavy atom. The van der Waals surface area contributed by atoms with Gasteiger partial charge in [-0.2, -0.15) is 0 Å². The van der Waals surface area contributed by atoms with Gasteiger partial charge in [-0.15, -0.1) is 10.2 Å². The first kappa shape index (κ1) is 11.2. The largest absolute Gasteiger partial charge is 0.496 e. The molecule has 1 N–H and O–H groups in total. The molecular formula is C13H15N3O2. The zero-order chi connectivity index (χ0) is 12.5. The molecule has 1 aliphatic heterocycles. The van der Waals surface area contributed by atoms with Crippen molar-refractivity contribution in [2.24, 2.45) is 0 Å². The summed E-state index contributed by atoms with van der Waals surface area (Å²) < 4.78 is 7.32. The van der Waals surface area contributed by atoms with E-state index in [2.05, 4.69) is 10.2 Å². The number of rotatable bonds is 2. The fourth-order valence-electron chi connectivity index (χ4n) is 2.38. The number of nitrogens with zero attached hydrogens (tertiary/aromatic N) is 3. The van der Waals surface area contributed by atoms with Crippen LogP contribution in [0.2, 0.25) is 0 Å². The maximum atomic E-state index is 9.89. The highest BCUT2D eigenvalue weighted by Gasteiger charge is 2.24. The average molecular weight is 245 g/mol. The van der Waals surface area contributed by atoms with Gasteiger partial charge in [-0.25, -0.2) is 0 Å². The monoisotopic (exact) mass is 245 g/mol. The fraction of sp³-hybridized carbons (Fsp3) is 0.385. The molecule has 0 saturated carbocycles. The SMILES string of the molecule is COc1ccccc1-c1nnc2n1CCCC2O. The smallest absolute Gasteiger partial charge is 0.167 e. The van der Waals surface area contributed by atoms with Crippen molar-refractivity contribution in [3.8, 4) is 17.1 Å². The highest BCUT2D eigenvalue weighted by Crippen LogP contribution is 2.32. The predicted molar refractivity (Wildman–Crippen MR) is 66.2 cm³/mol. The number of para-hydroxylation sites is 1. The molecular weight excluding hydrogens is 230 g/mol. The van der Waals surface area contributed by atoms with Crippen molar-refractivity contribution in [3.63, 3.8) is 0 Å². The normalized spacial score (nSPS) is 18.4. The number of benzene rings is 1. The maximum absolute atomic E-state index is 9.89. The van der Waals surface area contributed by atoms with Crippen molar-refractivity contribution in [2.45, 2.75) is 25.5 Å². The summed E-state index contributed by atoms with van der Waals surface area (Å²) in [5.74, 6) is 2.19. The fourth-order valence-corrected chi connectivity index (χ4v) is 2.38. The van der Waals surface area contributed by atoms with Crippen molar-refractivity contribution >= 4 is 0 Å². The highest BCUT2D eigenvalue weighted by molar-refractivity contribution is 5.64. The Bertz CT molecular complexity index is 565. The molecule has 2 heterocycles. The third-order valence-corrected chi connectivity index (χ3v) is 3.28. The number of ether oxygens (including phenoxy) is 1. The predicted octanol–water partition coefficient (Wildman–Crippen LogP) is 1.78. The van der Waals surface area contributed by atoms with Gasteiger partial charge in [-0.1, -0.05) is 12.1 Å². The van der Waals surface area contributed by atoms with Crippen LogP contribution in [0.4, 0.5) is 0 Å². The van der Waals surface area contributed by atoms with Crippen LogP contribution in [0, 0.1) is 0 Å². The molecule has 0 amide bonds. The van der Waals surface area contributed by atoms with Crippen LogP contribution in [0.5, 0.6) is 5.75 Å². The minimum Gasteiger partial charge on any atom is -0.496 e. The first-order valence-electron chi connectivity index (χ1n) is 6.06. The van der Waals surface area contributed by atoms with E-state index in [1.807, 2.05) is 28.8 Å². The van der Waals surface area contributed by atoms with Gasteiger partial charge in [-0.05, 0) is 25.0 Å². The lowest BCUT2D eigenvalue weighted by Crippen LogP contribution is -2.16. The molecule has 0 bridgehead atoms. The quantitative estimate of drug-likeness (QED) is 0.876. The molecule has 0 saturated heterocycles. The van der Waals surface area contributed by atoms with Crippen LogP contribution < -0.4 is 4.74 Å². The highest BCUT2D eigenvalue weighted by atomic mass is 16.5. The molecule has 0 spiro atoms. The first-order chi connectivity index (χ1) is 8.81. The Labute approximate surface area is 105 Å². The van der Waals surface area contributed by atoms with Crippen LogP contribution >= 0.6 is 0 Å². The number of aliphatic hydroxyl groups excluding tert-OH is 1. The molecule has 0 aliphatic carbocycles. The molecule has 1 atom stereocenters. The Morgan fingerprint density at radius 1 is 1.33 bits per heavy atom. The number of hydrogen-bond acceptors (Lipinski definition) is 4. The zero-order valence-corrected chi connectivity index (χ0v) is 10.2. The molecule has 2 aromatic rings. The summed E-state index contributed by atoms with van der Waals surface area (Å²) in [5.41, 5.74) is 0.910. The minimum absolute atomic E-state index is 0.505. The summed E-state index contributed by atoms with van der Waals surface area (Å²) >= 11 is 0. The number of aliphatic hydroxyl groups is 1. The van der Waals surface area contributed by atoms with Gasteiger partial charge in [0, 0.05) is 6.54 Å². The van der Waals surface area contributed by atoms with Gasteiger partial charge in [0.2, 0.25) is 0 Å². The standard InChI is InChI=1S/C13H15N3O2/c1-18-11-7-3-2-5-9(11)12-14-15-13-10(17)6-4-8-16(12)13/h2-3,5,7,10,17H,4,6,8H2,1H3. The van der Waals surface area contributed by atoms with E-state index in [-0.39, 0.29) is 0 Å². The van der Waals surface area contributed by atoms with E-state index in [0.29, 0.717) is 5.82 Å². The summed E-state index contributed by atoms with van der Waals surface area (Å²) in [6.45, 7) is 0.840. The van der Waals surface area contributed by atoms with Gasteiger partial charge in [0.15, 0.2) is 11.6 Å². The molecule has 1 unspecified atom stereocenters. The van der Waals surface area contributed by atoms with E-state index in [4.69, 9.17) is 4.74 Å². The molecule has 1 aromatic carbocycles. The van der Waals surface area contributed by atoms with Crippen LogP contribution in [0.25, 0.3) is 11.4 Å². The van der Waals surface area contributed by atoms with Gasteiger partial charge in [0.05, 0.1) is 12.7 Å². The van der Waals surface area contributed by atoms with E-state index in [1.165, 1.54) is 0 Å². The van der Waals surface area contributed by atoms with Crippen molar-refractivity contribution in [2.75, 3.05) is 7.11 Å². The maximum Gasteiger partial charge on any atom is 0.167 e. The Kier molecular flexibility index (Phi) is 2.76. The van der Waals surface area contributed by atoms with Crippen LogP contribution in [0.15, 0.2) is 24.3 Å². The molecule has 94 valence electrons. The second kappa shape index (κ2) is 4.42. The number of methoxy groups -OCH3 is 1. The second-order valence-electron chi connectivity index (χ2n) is 4.39. The molecule has 3 rings (SSSR count). The average Bonchev–Trinajstić information content (AvgIpc) is 2.84. The van der Waals surface area contributed by atoms with Crippen molar-refractivity contribution in [1.29, 1.82) is 0 Å². The summed E-state index contributed by atoms with van der Waals surface area (Å²) in [4.78, 5) is 0. The van der Waals surface area contributed by atoms with Crippen molar-refractivity contribution in [3.05, 3.63) is 30.1 Å². The second-order valence-corrected chi connectivity index (χ2v) is 4.39. The third-order valence-electron chi connectivity index (χ3n) is 3.28. The van der Waals surface area contributed by atoms with Crippen molar-refractivity contribution < 1.29 is 9.84 Å². The van der Waals surface area contributed by atoms with E-state index in [9.17, 15) is 5.11 Å². The zero-order valence-electron chi connectivity index (χ0n) is 10.2. The lowest BCUT2D eigenvalue weighted by molar-refractivity contribution is 0.134. The number of hydrogen-bond donors (Lipinski definition) is 1. The lowest BCUT2D eigenvalue weighted by Gasteiger charge is -2.19. The molecule has 1 aromatic heterocycles. The van der Waals surface area contributed by atoms with E-state index < -0.39 is 6.10 Å². The number of aromatic nitrogens is 3. The molecule has 1 aliphatic rings. The molecule has 5 heteroatoms. The van der Waals surface area contributed by atoms with Gasteiger partial charge in [-0.3, -0.25) is 0 Å². The van der Waals surface area contributed by atoms with Crippen molar-refractivity contribution in [1.82, 2.24) is 14.8 Å². The van der Waals surface area contributed by atoms with Gasteiger partial charge >= 0.3 is 0 Å². The van der Waals surface area contributed by atoms with Crippen LogP contribution in [-0.2, 0) is 6.54 Å². The third kappa shape index (κ3) is 1.67. The number of fused-ring (bicyclic) bond motifs is 1. The molecule has 5 nitrogen and oxygen atoms in total. The topological polar surface area (TPSA) is 60.2 Å². The minimum atomic E-state index is -0.505. The van der Waals surface area contributed by atoms with E-state index >= 15 is 0 Å². The Balaban J connectivity index is 2.13. The van der Waals surface area contributed by atoms with E-state index in [0.717, 1.165) is 36.5 Å². The van der Waals surface area contributed by atoms with Gasteiger partial charge < -0.3 is 14.4 Å². The Morgan fingerprint density at radius 3 is 3.00 bits per heavy atom. The van der Waals surface area contributed by atoms with Gasteiger partial charge in [0.25, 0.3) is 0 Å². The lowest BCUT2D eigenvalue weighted by atomic mass is 10.1. The van der Waals surface area contributed by atoms with Crippen LogP contribution in [-0.4, -0.2) is 27.0 Å². The molecule has 0 radical (unpaired) electrons. The van der Waals surface area contributed by atoms with Gasteiger partial charge in [0.1, 0.15) is 11.9 Å². The van der Waals surface area contributed by atoms with Crippen LogP contribution in [0.1, 0.15) is 24.8 Å². The summed E-state index contributed by atoms with van der Waals surface area (Å²) in [6, 6.07) is 7.72. The summed E-state index contributed by atoms with van der Waals surface area (Å²) in [5, 5.41) is 18.2.